The number of methoxy groups -OCH3 is 1. The lowest BCUT2D eigenvalue weighted by atomic mass is 10.0. The summed E-state index contributed by atoms with van der Waals surface area (Å²) in [6, 6.07) is 12.9. The third kappa shape index (κ3) is 5.99. The first-order chi connectivity index (χ1) is 20.5. The Bertz CT molecular complexity index is 1440. The molecule has 3 aromatic rings. The number of hydrogen-bond acceptors (Lipinski definition) is 8. The van der Waals surface area contributed by atoms with Gasteiger partial charge in [0, 0.05) is 68.5 Å². The molecule has 0 N–H and O–H groups in total. The van der Waals surface area contributed by atoms with Gasteiger partial charge in [-0.1, -0.05) is 30.8 Å². The van der Waals surface area contributed by atoms with E-state index in [2.05, 4.69) is 51.6 Å². The average molecular weight is 575 g/mol. The molecule has 2 saturated heterocycles. The van der Waals surface area contributed by atoms with Crippen LogP contribution in [0.1, 0.15) is 24.1 Å². The molecule has 9 nitrogen and oxygen atoms in total. The normalized spacial score (nSPS) is 19.5. The van der Waals surface area contributed by atoms with E-state index in [0.29, 0.717) is 64.9 Å². The molecule has 0 unspecified atom stereocenters. The summed E-state index contributed by atoms with van der Waals surface area (Å²) in [4.78, 5) is 30.5. The molecule has 2 aromatic carbocycles. The first-order valence-corrected chi connectivity index (χ1v) is 14.9. The summed E-state index contributed by atoms with van der Waals surface area (Å²) in [5.74, 6) is 1.66. The number of piperazine rings is 1. The molecule has 6 rings (SSSR count). The Hall–Kier alpha value is -3.92. The summed E-state index contributed by atoms with van der Waals surface area (Å²) in [6.45, 7) is 10.0. The van der Waals surface area contributed by atoms with Gasteiger partial charge in [-0.05, 0) is 43.3 Å². The van der Waals surface area contributed by atoms with Crippen LogP contribution in [0, 0.1) is 0 Å². The van der Waals surface area contributed by atoms with Crippen molar-refractivity contribution in [3.63, 3.8) is 0 Å². The molecule has 1 amide bonds. The molecule has 3 aliphatic rings. The number of rotatable bonds is 8. The monoisotopic (exact) mass is 574 g/mol. The van der Waals surface area contributed by atoms with Crippen LogP contribution in [-0.4, -0.2) is 97.9 Å². The van der Waals surface area contributed by atoms with E-state index >= 15 is 0 Å². The number of amides is 1. The maximum atomic E-state index is 13.9. The molecule has 0 radical (unpaired) electrons. The quantitative estimate of drug-likeness (QED) is 0.376. The molecular formula is C32H39FN6O3. The number of aromatic nitrogens is 2. The average Bonchev–Trinajstić information content (AvgIpc) is 3.03. The van der Waals surface area contributed by atoms with Gasteiger partial charge in [-0.2, -0.15) is 9.97 Å². The third-order valence-electron chi connectivity index (χ3n) is 8.56. The fourth-order valence-corrected chi connectivity index (χ4v) is 6.30. The highest BCUT2D eigenvalue weighted by Gasteiger charge is 2.29. The van der Waals surface area contributed by atoms with Crippen molar-refractivity contribution in [3.8, 4) is 11.8 Å². The Kier molecular flexibility index (Phi) is 8.41. The highest BCUT2D eigenvalue weighted by molar-refractivity contribution is 5.96. The molecule has 4 heterocycles. The molecule has 0 spiro atoms. The number of likely N-dealkylation sites (tertiary alicyclic amines) is 1. The molecular weight excluding hydrogens is 535 g/mol. The van der Waals surface area contributed by atoms with Crippen LogP contribution in [0.2, 0.25) is 0 Å². The van der Waals surface area contributed by atoms with Gasteiger partial charge in [-0.25, -0.2) is 4.39 Å². The molecule has 10 heteroatoms. The molecule has 0 aliphatic carbocycles. The van der Waals surface area contributed by atoms with Gasteiger partial charge in [0.25, 0.3) is 0 Å². The van der Waals surface area contributed by atoms with Crippen LogP contribution in [0.25, 0.3) is 10.8 Å². The van der Waals surface area contributed by atoms with Crippen LogP contribution >= 0.6 is 0 Å². The predicted molar refractivity (Wildman–Crippen MR) is 162 cm³/mol. The first kappa shape index (κ1) is 28.2. The van der Waals surface area contributed by atoms with E-state index in [0.717, 1.165) is 59.8 Å². The Morgan fingerprint density at radius 3 is 2.71 bits per heavy atom. The van der Waals surface area contributed by atoms with Gasteiger partial charge >= 0.3 is 6.01 Å². The van der Waals surface area contributed by atoms with Crippen molar-refractivity contribution in [3.05, 3.63) is 60.3 Å². The summed E-state index contributed by atoms with van der Waals surface area (Å²) >= 11 is 0. The molecule has 42 heavy (non-hydrogen) atoms. The number of fused-ring (bicyclic) bond motifs is 2. The zero-order valence-corrected chi connectivity index (χ0v) is 24.3. The van der Waals surface area contributed by atoms with Crippen molar-refractivity contribution in [2.75, 3.05) is 75.9 Å². The number of benzene rings is 2. The first-order valence-electron chi connectivity index (χ1n) is 14.9. The van der Waals surface area contributed by atoms with Gasteiger partial charge in [0.05, 0.1) is 19.3 Å². The maximum absolute atomic E-state index is 13.9. The molecule has 0 bridgehead atoms. The minimum atomic E-state index is -0.768. The van der Waals surface area contributed by atoms with E-state index in [9.17, 15) is 9.18 Å². The largest absolute Gasteiger partial charge is 0.497 e. The van der Waals surface area contributed by atoms with Crippen molar-refractivity contribution >= 4 is 28.2 Å². The van der Waals surface area contributed by atoms with Gasteiger partial charge < -0.3 is 24.2 Å². The van der Waals surface area contributed by atoms with Gasteiger partial charge in [0.2, 0.25) is 5.91 Å². The molecule has 1 aromatic heterocycles. The van der Waals surface area contributed by atoms with E-state index in [4.69, 9.17) is 19.4 Å². The standard InChI is InChI=1S/C32H39FN6O3/c1-3-30(40)37-13-15-38(16-14-37)31-27-10-12-39(29-20-25(41-2)19-23-7-4-5-9-26(23)29)22-28(27)34-32(35-31)42-18-17-36-11-6-8-24(33)21-36/h3-5,7,9,19-20,24H,1,6,8,10-18,21-22H2,2H3/t24-/m0/s1. The van der Waals surface area contributed by atoms with Crippen LogP contribution in [0.5, 0.6) is 11.8 Å². The number of carbonyl (C=O) groups excluding carboxylic acids is 1. The van der Waals surface area contributed by atoms with Crippen LogP contribution in [-0.2, 0) is 17.8 Å². The number of hydrogen-bond donors (Lipinski definition) is 0. The second-order valence-corrected chi connectivity index (χ2v) is 11.2. The Morgan fingerprint density at radius 2 is 1.93 bits per heavy atom. The number of piperidine rings is 1. The van der Waals surface area contributed by atoms with Crippen LogP contribution < -0.4 is 19.3 Å². The van der Waals surface area contributed by atoms with Gasteiger partial charge in [0.15, 0.2) is 0 Å². The van der Waals surface area contributed by atoms with Crippen molar-refractivity contribution in [1.82, 2.24) is 19.8 Å². The summed E-state index contributed by atoms with van der Waals surface area (Å²) in [5, 5.41) is 2.30. The van der Waals surface area contributed by atoms with Crippen LogP contribution in [0.4, 0.5) is 15.9 Å². The number of alkyl halides is 1. The highest BCUT2D eigenvalue weighted by atomic mass is 19.1. The van der Waals surface area contributed by atoms with Gasteiger partial charge in [-0.3, -0.25) is 9.69 Å². The van der Waals surface area contributed by atoms with Crippen molar-refractivity contribution < 1.29 is 18.7 Å². The number of nitrogens with zero attached hydrogens (tertiary/aromatic N) is 6. The van der Waals surface area contributed by atoms with Crippen molar-refractivity contribution in [2.45, 2.75) is 32.0 Å². The smallest absolute Gasteiger partial charge is 0.318 e. The molecule has 3 aliphatic heterocycles. The van der Waals surface area contributed by atoms with Gasteiger partial charge in [0.1, 0.15) is 24.3 Å². The van der Waals surface area contributed by atoms with Gasteiger partial charge in [-0.15, -0.1) is 0 Å². The summed E-state index contributed by atoms with van der Waals surface area (Å²) in [6.07, 6.45) is 2.90. The second kappa shape index (κ2) is 12.5. The van der Waals surface area contributed by atoms with E-state index in [1.165, 1.54) is 11.5 Å². The number of carbonyl (C=O) groups is 1. The Morgan fingerprint density at radius 1 is 1.10 bits per heavy atom. The number of halogens is 1. The summed E-state index contributed by atoms with van der Waals surface area (Å²) < 4.78 is 25.7. The van der Waals surface area contributed by atoms with E-state index in [1.807, 2.05) is 11.0 Å². The molecule has 1 atom stereocenters. The molecule has 222 valence electrons. The second-order valence-electron chi connectivity index (χ2n) is 11.2. The number of anilines is 2. The Balaban J connectivity index is 1.27. The topological polar surface area (TPSA) is 74.3 Å². The number of ether oxygens (including phenoxy) is 2. The summed E-state index contributed by atoms with van der Waals surface area (Å²) in [5.41, 5.74) is 3.19. The molecule has 0 saturated carbocycles. The van der Waals surface area contributed by atoms with E-state index in [1.54, 1.807) is 7.11 Å². The van der Waals surface area contributed by atoms with Crippen LogP contribution in [0.15, 0.2) is 49.1 Å². The van der Waals surface area contributed by atoms with E-state index in [-0.39, 0.29) is 5.91 Å². The lowest BCUT2D eigenvalue weighted by Gasteiger charge is -2.38. The SMILES string of the molecule is C=CC(=O)N1CCN(c2nc(OCCN3CCC[C@H](F)C3)nc3c2CCN(c2cc(OC)cc4ccccc24)C3)CC1. The fourth-order valence-electron chi connectivity index (χ4n) is 6.30. The minimum absolute atomic E-state index is 0.0437. The van der Waals surface area contributed by atoms with Crippen molar-refractivity contribution in [1.29, 1.82) is 0 Å². The lowest BCUT2D eigenvalue weighted by Crippen LogP contribution is -2.49. The molecule has 2 fully saturated rings. The lowest BCUT2D eigenvalue weighted by molar-refractivity contribution is -0.126. The fraction of sp³-hybridized carbons (Fsp3) is 0.469. The summed E-state index contributed by atoms with van der Waals surface area (Å²) in [7, 11) is 1.70. The Labute approximate surface area is 246 Å². The maximum Gasteiger partial charge on any atom is 0.318 e. The van der Waals surface area contributed by atoms with E-state index < -0.39 is 6.17 Å². The van der Waals surface area contributed by atoms with Crippen LogP contribution in [0.3, 0.4) is 0 Å². The predicted octanol–water partition coefficient (Wildman–Crippen LogP) is 3.85. The third-order valence-corrected chi connectivity index (χ3v) is 8.56. The zero-order valence-electron chi connectivity index (χ0n) is 24.3. The van der Waals surface area contributed by atoms with Crippen molar-refractivity contribution in [2.24, 2.45) is 0 Å². The zero-order chi connectivity index (χ0) is 29.1. The minimum Gasteiger partial charge on any atom is -0.497 e. The highest BCUT2D eigenvalue weighted by Crippen LogP contribution is 2.36.